The molecule has 0 bridgehead atoms. The largest absolute Gasteiger partial charge is 0.324 e. The molecule has 2 aromatic rings. The predicted octanol–water partition coefficient (Wildman–Crippen LogP) is 8.48. The summed E-state index contributed by atoms with van der Waals surface area (Å²) in [4.78, 5) is 22.8. The van der Waals surface area contributed by atoms with Crippen LogP contribution in [-0.2, 0) is 9.59 Å². The van der Waals surface area contributed by atoms with Gasteiger partial charge in [-0.2, -0.15) is 0 Å². The smallest absolute Gasteiger partial charge is 0.157 e. The Bertz CT molecular complexity index is 979. The Labute approximate surface area is 235 Å². The van der Waals surface area contributed by atoms with Crippen LogP contribution in [0.5, 0.6) is 0 Å². The number of carbonyl (C=O) groups excluding carboxylic acids is 2. The highest BCUT2D eigenvalue weighted by Gasteiger charge is 2.43. The Morgan fingerprint density at radius 3 is 1.97 bits per heavy atom. The summed E-state index contributed by atoms with van der Waals surface area (Å²) in [6.45, 7) is 21.1. The summed E-state index contributed by atoms with van der Waals surface area (Å²) in [5, 5.41) is 0.704. The minimum absolute atomic E-state index is 0.00242. The van der Waals surface area contributed by atoms with Gasteiger partial charge < -0.3 is 10.5 Å². The number of ketones is 1. The van der Waals surface area contributed by atoms with Gasteiger partial charge in [-0.15, -0.1) is 0 Å². The lowest BCUT2D eigenvalue weighted by molar-refractivity contribution is -0.114. The van der Waals surface area contributed by atoms with E-state index in [2.05, 4.69) is 88.8 Å². The SMILES string of the molecule is CC.CC(=O)C1=CC(C(C)(C)C)N(Sc2ccccc2C)C1c1ccc(Cl)cc1.CC(C)C.NCC=O. The van der Waals surface area contributed by atoms with E-state index < -0.39 is 0 Å². The van der Waals surface area contributed by atoms with Crippen LogP contribution >= 0.6 is 23.5 Å². The van der Waals surface area contributed by atoms with E-state index in [1.807, 2.05) is 38.1 Å². The molecular formula is C31H47ClN2O2S. The number of carbonyl (C=O) groups is 2. The molecule has 0 aromatic heterocycles. The fraction of sp³-hybridized carbons (Fsp3) is 0.484. The summed E-state index contributed by atoms with van der Waals surface area (Å²) >= 11 is 7.84. The van der Waals surface area contributed by atoms with Crippen LogP contribution in [0.25, 0.3) is 0 Å². The first kappa shape index (κ1) is 35.1. The minimum Gasteiger partial charge on any atom is -0.324 e. The van der Waals surface area contributed by atoms with Gasteiger partial charge in [0.25, 0.3) is 0 Å². The second kappa shape index (κ2) is 17.6. The third-order valence-corrected chi connectivity index (χ3v) is 6.59. The minimum atomic E-state index is -0.0893. The fourth-order valence-corrected chi connectivity index (χ4v) is 4.96. The number of benzene rings is 2. The highest BCUT2D eigenvalue weighted by Crippen LogP contribution is 2.49. The Kier molecular flexibility index (Phi) is 16.7. The molecule has 2 aromatic carbocycles. The number of nitrogens with two attached hydrogens (primary N) is 1. The van der Waals surface area contributed by atoms with E-state index in [0.717, 1.165) is 17.1 Å². The van der Waals surface area contributed by atoms with Crippen molar-refractivity contribution in [3.63, 3.8) is 0 Å². The molecule has 1 aliphatic heterocycles. The van der Waals surface area contributed by atoms with E-state index in [0.29, 0.717) is 11.3 Å². The number of aryl methyl sites for hydroxylation is 1. The maximum atomic E-state index is 12.5. The van der Waals surface area contributed by atoms with E-state index in [4.69, 9.17) is 16.4 Å². The van der Waals surface area contributed by atoms with Crippen molar-refractivity contribution in [1.29, 1.82) is 0 Å². The van der Waals surface area contributed by atoms with Crippen LogP contribution < -0.4 is 5.73 Å². The van der Waals surface area contributed by atoms with Gasteiger partial charge in [-0.05, 0) is 66.5 Å². The van der Waals surface area contributed by atoms with Crippen LogP contribution in [0.1, 0.15) is 79.5 Å². The zero-order chi connectivity index (χ0) is 28.8. The molecule has 0 fully saturated rings. The van der Waals surface area contributed by atoms with Gasteiger partial charge in [0.2, 0.25) is 0 Å². The van der Waals surface area contributed by atoms with Gasteiger partial charge in [0.05, 0.1) is 6.04 Å². The molecule has 0 saturated carbocycles. The molecule has 0 aliphatic carbocycles. The predicted molar refractivity (Wildman–Crippen MR) is 162 cm³/mol. The lowest BCUT2D eigenvalue weighted by Gasteiger charge is -2.37. The number of halogens is 1. The first-order valence-electron chi connectivity index (χ1n) is 13.0. The lowest BCUT2D eigenvalue weighted by Crippen LogP contribution is -2.37. The molecule has 6 heteroatoms. The Balaban J connectivity index is 0.00000112. The van der Waals surface area contributed by atoms with Crippen molar-refractivity contribution >= 4 is 35.6 Å². The number of nitrogens with zero attached hydrogens (tertiary/aromatic N) is 1. The second-order valence-corrected chi connectivity index (χ2v) is 11.8. The summed E-state index contributed by atoms with van der Waals surface area (Å²) < 4.78 is 2.38. The average Bonchev–Trinajstić information content (AvgIpc) is 3.22. The molecule has 2 unspecified atom stereocenters. The molecule has 206 valence electrons. The molecule has 3 rings (SSSR count). The monoisotopic (exact) mass is 546 g/mol. The number of rotatable bonds is 5. The first-order chi connectivity index (χ1) is 17.3. The van der Waals surface area contributed by atoms with Crippen LogP contribution in [0.2, 0.25) is 5.02 Å². The van der Waals surface area contributed by atoms with Crippen molar-refractivity contribution in [3.05, 3.63) is 76.3 Å². The second-order valence-electron chi connectivity index (χ2n) is 10.3. The summed E-state index contributed by atoms with van der Waals surface area (Å²) in [6, 6.07) is 16.3. The molecule has 0 saturated heterocycles. The van der Waals surface area contributed by atoms with Crippen LogP contribution in [0, 0.1) is 18.3 Å². The summed E-state index contributed by atoms with van der Waals surface area (Å²) in [5.74, 6) is 0.956. The standard InChI is InChI=1S/C23H26ClNOS.C4H10.C2H5NO.C2H6/c1-15-8-6-7-9-20(15)27-25-21(23(3,4)5)14-19(16(2)26)22(25)17-10-12-18(24)13-11-17;1-4(2)3;3-1-2-4;1-2/h6-14,21-22H,1-5H3;4H,1-3H3;2H,1,3H2;1-2H3. The van der Waals surface area contributed by atoms with Crippen molar-refractivity contribution in [2.24, 2.45) is 17.1 Å². The summed E-state index contributed by atoms with van der Waals surface area (Å²) in [7, 11) is 0. The van der Waals surface area contributed by atoms with Crippen molar-refractivity contribution in [1.82, 2.24) is 4.31 Å². The number of hydrogen-bond donors (Lipinski definition) is 1. The van der Waals surface area contributed by atoms with Gasteiger partial charge in [0.15, 0.2) is 5.78 Å². The molecule has 0 amide bonds. The van der Waals surface area contributed by atoms with Crippen LogP contribution in [0.15, 0.2) is 65.1 Å². The lowest BCUT2D eigenvalue weighted by atomic mass is 9.87. The molecule has 1 aliphatic rings. The first-order valence-corrected chi connectivity index (χ1v) is 14.1. The van der Waals surface area contributed by atoms with E-state index in [1.165, 1.54) is 10.5 Å². The van der Waals surface area contributed by atoms with Gasteiger partial charge >= 0.3 is 0 Å². The zero-order valence-corrected chi connectivity index (χ0v) is 25.9. The zero-order valence-electron chi connectivity index (χ0n) is 24.3. The molecule has 0 radical (unpaired) electrons. The van der Waals surface area contributed by atoms with Gasteiger partial charge in [-0.25, -0.2) is 4.31 Å². The van der Waals surface area contributed by atoms with Crippen molar-refractivity contribution in [2.75, 3.05) is 6.54 Å². The summed E-state index contributed by atoms with van der Waals surface area (Å²) in [6.07, 6.45) is 2.81. The molecule has 0 spiro atoms. The molecule has 1 heterocycles. The van der Waals surface area contributed by atoms with E-state index in [9.17, 15) is 4.79 Å². The van der Waals surface area contributed by atoms with Crippen LogP contribution in [0.3, 0.4) is 0 Å². The maximum absolute atomic E-state index is 12.5. The van der Waals surface area contributed by atoms with Crippen molar-refractivity contribution in [3.8, 4) is 0 Å². The summed E-state index contributed by atoms with van der Waals surface area (Å²) in [5.41, 5.74) is 7.85. The quantitative estimate of drug-likeness (QED) is 0.301. The number of Topliss-reactive ketones (excluding diaryl/α,β-unsaturated/α-hetero) is 1. The Morgan fingerprint density at radius 1 is 1.08 bits per heavy atom. The van der Waals surface area contributed by atoms with E-state index >= 15 is 0 Å². The van der Waals surface area contributed by atoms with Gasteiger partial charge in [-0.3, -0.25) is 4.79 Å². The third kappa shape index (κ3) is 12.0. The third-order valence-electron chi connectivity index (χ3n) is 5.03. The maximum Gasteiger partial charge on any atom is 0.157 e. The molecule has 2 N–H and O–H groups in total. The van der Waals surface area contributed by atoms with E-state index in [1.54, 1.807) is 18.9 Å². The Hall–Kier alpha value is -1.92. The van der Waals surface area contributed by atoms with Gasteiger partial charge in [-0.1, -0.05) is 103 Å². The van der Waals surface area contributed by atoms with Gasteiger partial charge in [0.1, 0.15) is 6.29 Å². The highest BCUT2D eigenvalue weighted by atomic mass is 35.5. The van der Waals surface area contributed by atoms with Crippen LogP contribution in [0.4, 0.5) is 0 Å². The van der Waals surface area contributed by atoms with Crippen molar-refractivity contribution in [2.45, 2.75) is 86.2 Å². The highest BCUT2D eigenvalue weighted by molar-refractivity contribution is 7.97. The fourth-order valence-electron chi connectivity index (χ4n) is 3.43. The van der Waals surface area contributed by atoms with Crippen LogP contribution in [-0.4, -0.2) is 29.0 Å². The normalized spacial score (nSPS) is 16.8. The molecular weight excluding hydrogens is 500 g/mol. The molecule has 4 nitrogen and oxygen atoms in total. The van der Waals surface area contributed by atoms with Crippen molar-refractivity contribution < 1.29 is 9.59 Å². The Morgan fingerprint density at radius 2 is 1.57 bits per heavy atom. The average molecular weight is 547 g/mol. The molecule has 2 atom stereocenters. The van der Waals surface area contributed by atoms with Gasteiger partial charge in [0, 0.05) is 28.1 Å². The number of hydrogen-bond acceptors (Lipinski definition) is 5. The topological polar surface area (TPSA) is 63.4 Å². The van der Waals surface area contributed by atoms with E-state index in [-0.39, 0.29) is 29.8 Å². The number of aldehydes is 1. The molecule has 37 heavy (non-hydrogen) atoms.